The summed E-state index contributed by atoms with van der Waals surface area (Å²) >= 11 is 0. The van der Waals surface area contributed by atoms with Gasteiger partial charge in [-0.2, -0.15) is 5.10 Å². The van der Waals surface area contributed by atoms with Crippen LogP contribution in [0.4, 0.5) is 4.39 Å². The molecule has 3 aromatic rings. The Morgan fingerprint density at radius 1 is 1.20 bits per heavy atom. The minimum absolute atomic E-state index is 0.209. The minimum atomic E-state index is -0.209. The van der Waals surface area contributed by atoms with Crippen LogP contribution in [-0.4, -0.2) is 14.6 Å². The molecule has 0 spiro atoms. The van der Waals surface area contributed by atoms with Crippen molar-refractivity contribution in [2.24, 2.45) is 0 Å². The number of aryl methyl sites for hydroxylation is 1. The van der Waals surface area contributed by atoms with Crippen LogP contribution in [0.25, 0.3) is 5.65 Å². The van der Waals surface area contributed by atoms with Crippen molar-refractivity contribution in [3.05, 3.63) is 65.4 Å². The number of benzene rings is 1. The van der Waals surface area contributed by atoms with Gasteiger partial charge in [0.1, 0.15) is 5.82 Å². The molecule has 0 saturated heterocycles. The summed E-state index contributed by atoms with van der Waals surface area (Å²) in [6, 6.07) is 8.53. The van der Waals surface area contributed by atoms with Crippen LogP contribution in [-0.2, 0) is 13.1 Å². The van der Waals surface area contributed by atoms with Crippen molar-refractivity contribution in [2.75, 3.05) is 0 Å². The molecular weight excluding hydrogens is 255 g/mol. The molecule has 2 heterocycles. The Morgan fingerprint density at radius 2 is 2.05 bits per heavy atom. The van der Waals surface area contributed by atoms with Gasteiger partial charge in [0.25, 0.3) is 0 Å². The predicted octanol–water partition coefficient (Wildman–Crippen LogP) is 2.47. The second-order valence-corrected chi connectivity index (χ2v) is 4.78. The molecule has 0 aliphatic rings. The Morgan fingerprint density at radius 3 is 2.90 bits per heavy atom. The van der Waals surface area contributed by atoms with Crippen LogP contribution >= 0.6 is 0 Å². The number of halogens is 1. The zero-order valence-corrected chi connectivity index (χ0v) is 11.2. The van der Waals surface area contributed by atoms with E-state index in [1.165, 1.54) is 12.1 Å². The number of nitrogens with one attached hydrogen (secondary N) is 1. The molecule has 0 bridgehead atoms. The third-order valence-corrected chi connectivity index (χ3v) is 3.04. The molecule has 0 aliphatic carbocycles. The van der Waals surface area contributed by atoms with Gasteiger partial charge < -0.3 is 5.32 Å². The molecule has 0 radical (unpaired) electrons. The number of aromatic nitrogens is 3. The largest absolute Gasteiger partial charge is 0.309 e. The van der Waals surface area contributed by atoms with E-state index in [1.54, 1.807) is 10.6 Å². The molecule has 20 heavy (non-hydrogen) atoms. The van der Waals surface area contributed by atoms with E-state index in [1.807, 2.05) is 31.5 Å². The van der Waals surface area contributed by atoms with Gasteiger partial charge in [-0.25, -0.2) is 13.9 Å². The molecule has 3 rings (SSSR count). The van der Waals surface area contributed by atoms with Gasteiger partial charge in [0, 0.05) is 37.1 Å². The fourth-order valence-corrected chi connectivity index (χ4v) is 2.12. The summed E-state index contributed by atoms with van der Waals surface area (Å²) in [4.78, 5) is 4.34. The molecule has 5 heteroatoms. The number of fused-ring (bicyclic) bond motifs is 1. The van der Waals surface area contributed by atoms with E-state index in [4.69, 9.17) is 0 Å². The number of hydrogen-bond acceptors (Lipinski definition) is 3. The zero-order valence-electron chi connectivity index (χ0n) is 11.2. The van der Waals surface area contributed by atoms with Crippen LogP contribution < -0.4 is 5.32 Å². The Labute approximate surface area is 116 Å². The fourth-order valence-electron chi connectivity index (χ4n) is 2.12. The van der Waals surface area contributed by atoms with Crippen molar-refractivity contribution in [1.82, 2.24) is 19.9 Å². The zero-order chi connectivity index (χ0) is 13.9. The highest BCUT2D eigenvalue weighted by Gasteiger charge is 2.01. The van der Waals surface area contributed by atoms with Crippen molar-refractivity contribution in [3.63, 3.8) is 0 Å². The van der Waals surface area contributed by atoms with Crippen molar-refractivity contribution in [3.8, 4) is 0 Å². The first-order chi connectivity index (χ1) is 9.70. The van der Waals surface area contributed by atoms with Crippen LogP contribution in [0, 0.1) is 12.7 Å². The van der Waals surface area contributed by atoms with Gasteiger partial charge in [-0.05, 0) is 24.6 Å². The van der Waals surface area contributed by atoms with Gasteiger partial charge in [-0.1, -0.05) is 12.1 Å². The van der Waals surface area contributed by atoms with Gasteiger partial charge in [-0.15, -0.1) is 0 Å². The number of rotatable bonds is 4. The van der Waals surface area contributed by atoms with Gasteiger partial charge in [0.2, 0.25) is 0 Å². The Kier molecular flexibility index (Phi) is 3.43. The van der Waals surface area contributed by atoms with E-state index in [2.05, 4.69) is 15.4 Å². The van der Waals surface area contributed by atoms with Crippen molar-refractivity contribution in [2.45, 2.75) is 20.0 Å². The first kappa shape index (κ1) is 12.7. The summed E-state index contributed by atoms with van der Waals surface area (Å²) in [5.74, 6) is -0.209. The van der Waals surface area contributed by atoms with Crippen molar-refractivity contribution in [1.29, 1.82) is 0 Å². The maximum absolute atomic E-state index is 13.0. The van der Waals surface area contributed by atoms with Crippen LogP contribution in [0.2, 0.25) is 0 Å². The first-order valence-corrected chi connectivity index (χ1v) is 6.47. The molecule has 2 aromatic heterocycles. The highest BCUT2D eigenvalue weighted by molar-refractivity contribution is 5.38. The van der Waals surface area contributed by atoms with Gasteiger partial charge in [0.15, 0.2) is 5.65 Å². The second kappa shape index (κ2) is 5.38. The Hall–Kier alpha value is -2.27. The lowest BCUT2D eigenvalue weighted by Gasteiger charge is -2.05. The summed E-state index contributed by atoms with van der Waals surface area (Å²) in [7, 11) is 0. The molecule has 0 unspecified atom stereocenters. The maximum Gasteiger partial charge on any atom is 0.155 e. The Bertz CT molecular complexity index is 736. The SMILES string of the molecule is Cc1cc2ncc(CNCc3cccc(F)c3)cn2n1. The lowest BCUT2D eigenvalue weighted by Crippen LogP contribution is -2.13. The highest BCUT2D eigenvalue weighted by Crippen LogP contribution is 2.06. The van der Waals surface area contributed by atoms with E-state index in [9.17, 15) is 4.39 Å². The molecule has 4 nitrogen and oxygen atoms in total. The normalized spacial score (nSPS) is 11.1. The third-order valence-electron chi connectivity index (χ3n) is 3.04. The Balaban J connectivity index is 1.64. The molecule has 0 fully saturated rings. The molecule has 0 saturated carbocycles. The van der Waals surface area contributed by atoms with E-state index in [0.717, 1.165) is 22.5 Å². The average Bonchev–Trinajstić information content (AvgIpc) is 2.78. The minimum Gasteiger partial charge on any atom is -0.309 e. The standard InChI is InChI=1S/C15H15FN4/c1-11-5-15-18-9-13(10-20(15)19-11)8-17-7-12-3-2-4-14(16)6-12/h2-6,9-10,17H,7-8H2,1H3. The van der Waals surface area contributed by atoms with Gasteiger partial charge in [-0.3, -0.25) is 0 Å². The molecule has 102 valence electrons. The van der Waals surface area contributed by atoms with E-state index in [0.29, 0.717) is 13.1 Å². The monoisotopic (exact) mass is 270 g/mol. The molecule has 1 N–H and O–H groups in total. The lowest BCUT2D eigenvalue weighted by molar-refractivity contribution is 0.619. The van der Waals surface area contributed by atoms with Crippen molar-refractivity contribution < 1.29 is 4.39 Å². The quantitative estimate of drug-likeness (QED) is 0.792. The molecule has 1 aromatic carbocycles. The highest BCUT2D eigenvalue weighted by atomic mass is 19.1. The maximum atomic E-state index is 13.0. The first-order valence-electron chi connectivity index (χ1n) is 6.47. The fraction of sp³-hybridized carbons (Fsp3) is 0.200. The topological polar surface area (TPSA) is 42.2 Å². The smallest absolute Gasteiger partial charge is 0.155 e. The second-order valence-electron chi connectivity index (χ2n) is 4.78. The van der Waals surface area contributed by atoms with Crippen molar-refractivity contribution >= 4 is 5.65 Å². The van der Waals surface area contributed by atoms with Gasteiger partial charge >= 0.3 is 0 Å². The number of nitrogens with zero attached hydrogens (tertiary/aromatic N) is 3. The van der Waals surface area contributed by atoms with E-state index in [-0.39, 0.29) is 5.82 Å². The summed E-state index contributed by atoms with van der Waals surface area (Å²) < 4.78 is 14.8. The van der Waals surface area contributed by atoms with Gasteiger partial charge in [0.05, 0.1) is 5.69 Å². The summed E-state index contributed by atoms with van der Waals surface area (Å²) in [6.45, 7) is 3.23. The molecule has 0 aliphatic heterocycles. The molecule has 0 atom stereocenters. The molecule has 0 amide bonds. The predicted molar refractivity (Wildman–Crippen MR) is 74.7 cm³/mol. The van der Waals surface area contributed by atoms with Crippen LogP contribution in [0.1, 0.15) is 16.8 Å². The molecular formula is C15H15FN4. The summed E-state index contributed by atoms with van der Waals surface area (Å²) in [6.07, 6.45) is 3.78. The van der Waals surface area contributed by atoms with Crippen LogP contribution in [0.5, 0.6) is 0 Å². The van der Waals surface area contributed by atoms with Crippen LogP contribution in [0.3, 0.4) is 0 Å². The summed E-state index contributed by atoms with van der Waals surface area (Å²) in [5.41, 5.74) is 3.75. The summed E-state index contributed by atoms with van der Waals surface area (Å²) in [5, 5.41) is 7.60. The average molecular weight is 270 g/mol. The van der Waals surface area contributed by atoms with E-state index < -0.39 is 0 Å². The van der Waals surface area contributed by atoms with Crippen LogP contribution in [0.15, 0.2) is 42.7 Å². The lowest BCUT2D eigenvalue weighted by atomic mass is 10.2. The third kappa shape index (κ3) is 2.83. The van der Waals surface area contributed by atoms with E-state index >= 15 is 0 Å². The number of hydrogen-bond donors (Lipinski definition) is 1.